The molecule has 0 fully saturated rings. The summed E-state index contributed by atoms with van der Waals surface area (Å²) in [4.78, 5) is 12.4. The van der Waals surface area contributed by atoms with Crippen molar-refractivity contribution in [1.82, 2.24) is 15.1 Å². The second kappa shape index (κ2) is 9.35. The first-order valence-electron chi connectivity index (χ1n) is 10.6. The number of allylic oxidation sites excluding steroid dienone is 1. The van der Waals surface area contributed by atoms with Crippen LogP contribution in [0.3, 0.4) is 0 Å². The largest absolute Gasteiger partial charge is 0.733 e. The topological polar surface area (TPSA) is 115 Å². The fraction of sp³-hybridized carbons (Fsp3) is 0.250. The molecule has 3 N–H and O–H groups in total. The highest BCUT2D eigenvalue weighted by Gasteiger charge is 2.27. The average Bonchev–Trinajstić information content (AvgIpc) is 3.37. The third-order valence-electron chi connectivity index (χ3n) is 5.78. The number of amides is 2. The number of carbonyl (C=O) groups excluding carboxylic acids is 1. The highest BCUT2D eigenvalue weighted by molar-refractivity contribution is 5.89. The molecule has 0 spiro atoms. The standard InChI is InChI=1S/C24H26N5O4/c1-15-23(16(2)28(27-15)21-6-4-5-7-22(21)29(31)32)17-8-9-19(14-17)26-24(30)25-18-10-12-20(33-3)13-11-18/h4-13,17,19,31H,14H2,1-3H3,(H2,25,26,30)/q-1/t17-,19-/m1/s1. The molecule has 2 amide bonds. The Balaban J connectivity index is 1.45. The van der Waals surface area contributed by atoms with Crippen molar-refractivity contribution >= 4 is 17.4 Å². The van der Waals surface area contributed by atoms with Gasteiger partial charge in [-0.15, -0.1) is 0 Å². The van der Waals surface area contributed by atoms with Crippen LogP contribution in [0.2, 0.25) is 0 Å². The molecule has 0 unspecified atom stereocenters. The molecule has 0 aliphatic heterocycles. The molecular weight excluding hydrogens is 422 g/mol. The minimum atomic E-state index is -0.285. The van der Waals surface area contributed by atoms with Crippen molar-refractivity contribution in [2.45, 2.75) is 32.2 Å². The Morgan fingerprint density at radius 1 is 1.18 bits per heavy atom. The first-order valence-corrected chi connectivity index (χ1v) is 10.6. The lowest BCUT2D eigenvalue weighted by molar-refractivity contribution is 0.250. The van der Waals surface area contributed by atoms with Gasteiger partial charge in [-0.25, -0.2) is 9.48 Å². The highest BCUT2D eigenvalue weighted by atomic mass is 16.8. The number of rotatable bonds is 6. The second-order valence-electron chi connectivity index (χ2n) is 7.92. The number of urea groups is 1. The Labute approximate surface area is 191 Å². The van der Waals surface area contributed by atoms with E-state index in [0.717, 1.165) is 22.7 Å². The Morgan fingerprint density at radius 3 is 2.61 bits per heavy atom. The number of aromatic nitrogens is 2. The van der Waals surface area contributed by atoms with E-state index in [1.807, 2.05) is 19.9 Å². The average molecular weight is 449 g/mol. The van der Waals surface area contributed by atoms with Crippen LogP contribution in [-0.2, 0) is 0 Å². The highest BCUT2D eigenvalue weighted by Crippen LogP contribution is 2.35. The Morgan fingerprint density at radius 2 is 1.91 bits per heavy atom. The summed E-state index contributed by atoms with van der Waals surface area (Å²) in [6.45, 7) is 3.85. The molecule has 1 aromatic heterocycles. The minimum Gasteiger partial charge on any atom is -0.733 e. The van der Waals surface area contributed by atoms with E-state index in [9.17, 15) is 15.2 Å². The SMILES string of the molecule is COc1ccc(NC(=O)N[C@@H]2C=C[C@@H](c3c(C)nn(-c4ccccc4N([O-])O)c3C)C2)cc1. The molecule has 1 aliphatic rings. The molecule has 0 bridgehead atoms. The smallest absolute Gasteiger partial charge is 0.319 e. The zero-order chi connectivity index (χ0) is 23.5. The van der Waals surface area contributed by atoms with Gasteiger partial charge in [0.1, 0.15) is 5.75 Å². The van der Waals surface area contributed by atoms with Crippen LogP contribution in [0, 0.1) is 19.1 Å². The number of anilines is 2. The predicted octanol–water partition coefficient (Wildman–Crippen LogP) is 4.42. The van der Waals surface area contributed by atoms with Crippen LogP contribution in [0.15, 0.2) is 60.7 Å². The summed E-state index contributed by atoms with van der Waals surface area (Å²) in [5.41, 5.74) is 4.03. The van der Waals surface area contributed by atoms with Crippen LogP contribution in [0.1, 0.15) is 29.3 Å². The fourth-order valence-electron chi connectivity index (χ4n) is 4.26. The first-order chi connectivity index (χ1) is 15.9. The lowest BCUT2D eigenvalue weighted by Gasteiger charge is -2.24. The maximum absolute atomic E-state index is 12.4. The summed E-state index contributed by atoms with van der Waals surface area (Å²) in [6, 6.07) is 13.4. The van der Waals surface area contributed by atoms with Crippen LogP contribution in [0.25, 0.3) is 5.69 Å². The Bertz CT molecular complexity index is 1170. The number of hydrogen-bond acceptors (Lipinski definition) is 6. The molecule has 1 aliphatic carbocycles. The van der Waals surface area contributed by atoms with Gasteiger partial charge in [-0.1, -0.05) is 24.3 Å². The van der Waals surface area contributed by atoms with Gasteiger partial charge in [-0.05, 0) is 56.7 Å². The summed E-state index contributed by atoms with van der Waals surface area (Å²) in [6.07, 6.45) is 4.74. The molecule has 9 heteroatoms. The van der Waals surface area contributed by atoms with Crippen molar-refractivity contribution in [3.05, 3.63) is 82.8 Å². The van der Waals surface area contributed by atoms with Crippen LogP contribution >= 0.6 is 0 Å². The van der Waals surface area contributed by atoms with Crippen LogP contribution < -0.4 is 20.6 Å². The molecule has 3 aromatic rings. The number of benzene rings is 2. The van der Waals surface area contributed by atoms with E-state index < -0.39 is 0 Å². The van der Waals surface area contributed by atoms with E-state index in [1.54, 1.807) is 54.3 Å². The molecular formula is C24H26N5O4-. The lowest BCUT2D eigenvalue weighted by atomic mass is 9.96. The molecule has 2 atom stereocenters. The quantitative estimate of drug-likeness (QED) is 0.380. The van der Waals surface area contributed by atoms with E-state index in [-0.39, 0.29) is 28.9 Å². The molecule has 0 saturated heterocycles. The number of nitrogens with zero attached hydrogens (tertiary/aromatic N) is 3. The van der Waals surface area contributed by atoms with Gasteiger partial charge in [-0.3, -0.25) is 5.21 Å². The number of carbonyl (C=O) groups is 1. The number of para-hydroxylation sites is 2. The van der Waals surface area contributed by atoms with Crippen molar-refractivity contribution < 1.29 is 14.7 Å². The van der Waals surface area contributed by atoms with Crippen LogP contribution in [0.5, 0.6) is 5.75 Å². The van der Waals surface area contributed by atoms with Crippen molar-refractivity contribution in [3.8, 4) is 11.4 Å². The third kappa shape index (κ3) is 4.69. The zero-order valence-corrected chi connectivity index (χ0v) is 18.6. The van der Waals surface area contributed by atoms with Crippen LogP contribution in [-0.4, -0.2) is 34.2 Å². The van der Waals surface area contributed by atoms with Gasteiger partial charge < -0.3 is 25.8 Å². The summed E-state index contributed by atoms with van der Waals surface area (Å²) in [5.74, 6) is 0.785. The number of hydrogen-bond donors (Lipinski definition) is 3. The summed E-state index contributed by atoms with van der Waals surface area (Å²) >= 11 is 0. The summed E-state index contributed by atoms with van der Waals surface area (Å²) in [5, 5.41) is 31.3. The maximum atomic E-state index is 12.4. The van der Waals surface area contributed by atoms with E-state index >= 15 is 0 Å². The van der Waals surface area contributed by atoms with Crippen LogP contribution in [0.4, 0.5) is 16.2 Å². The van der Waals surface area contributed by atoms with E-state index in [1.165, 1.54) is 6.07 Å². The number of aryl methyl sites for hydroxylation is 1. The predicted molar refractivity (Wildman–Crippen MR) is 126 cm³/mol. The molecule has 2 aromatic carbocycles. The van der Waals surface area contributed by atoms with Crippen molar-refractivity contribution in [2.75, 3.05) is 17.7 Å². The van der Waals surface area contributed by atoms with E-state index in [4.69, 9.17) is 4.74 Å². The first kappa shape index (κ1) is 22.4. The van der Waals surface area contributed by atoms with E-state index in [0.29, 0.717) is 17.8 Å². The summed E-state index contributed by atoms with van der Waals surface area (Å²) < 4.78 is 6.80. The van der Waals surface area contributed by atoms with Crippen molar-refractivity contribution in [2.24, 2.45) is 0 Å². The molecule has 33 heavy (non-hydrogen) atoms. The fourth-order valence-corrected chi connectivity index (χ4v) is 4.26. The minimum absolute atomic E-state index is 0.0645. The molecule has 172 valence electrons. The van der Waals surface area contributed by atoms with Gasteiger partial charge in [-0.2, -0.15) is 5.10 Å². The van der Waals surface area contributed by atoms with Gasteiger partial charge in [0, 0.05) is 28.9 Å². The van der Waals surface area contributed by atoms with Gasteiger partial charge in [0.15, 0.2) is 0 Å². The van der Waals surface area contributed by atoms with E-state index in [2.05, 4.69) is 21.8 Å². The third-order valence-corrected chi connectivity index (χ3v) is 5.78. The molecule has 1 heterocycles. The van der Waals surface area contributed by atoms with Gasteiger partial charge in [0.2, 0.25) is 0 Å². The van der Waals surface area contributed by atoms with Gasteiger partial charge in [0.25, 0.3) is 0 Å². The number of ether oxygens (including phenoxy) is 1. The number of nitrogens with one attached hydrogen (secondary N) is 2. The molecule has 9 nitrogen and oxygen atoms in total. The Hall–Kier alpha value is -3.82. The van der Waals surface area contributed by atoms with Crippen molar-refractivity contribution in [1.29, 1.82) is 0 Å². The Kier molecular flexibility index (Phi) is 6.34. The van der Waals surface area contributed by atoms with Crippen molar-refractivity contribution in [3.63, 3.8) is 0 Å². The second-order valence-corrected chi connectivity index (χ2v) is 7.92. The summed E-state index contributed by atoms with van der Waals surface area (Å²) in [7, 11) is 1.59. The normalized spacial score (nSPS) is 17.1. The molecule has 0 radical (unpaired) electrons. The maximum Gasteiger partial charge on any atom is 0.319 e. The van der Waals surface area contributed by atoms with Gasteiger partial charge in [0.05, 0.1) is 24.2 Å². The van der Waals surface area contributed by atoms with Gasteiger partial charge >= 0.3 is 6.03 Å². The zero-order valence-electron chi connectivity index (χ0n) is 18.6. The number of methoxy groups -OCH3 is 1. The molecule has 0 saturated carbocycles. The lowest BCUT2D eigenvalue weighted by Crippen LogP contribution is -2.36. The molecule has 4 rings (SSSR count). The monoisotopic (exact) mass is 448 g/mol.